The molecule has 0 unspecified atom stereocenters. The van der Waals surface area contributed by atoms with Gasteiger partial charge >= 0.3 is 6.09 Å². The van der Waals surface area contributed by atoms with Gasteiger partial charge in [0, 0.05) is 37.7 Å². The summed E-state index contributed by atoms with van der Waals surface area (Å²) in [5.74, 6) is -0.132. The van der Waals surface area contributed by atoms with Gasteiger partial charge in [-0.2, -0.15) is 0 Å². The second kappa shape index (κ2) is 11.0. The molecule has 2 amide bonds. The van der Waals surface area contributed by atoms with Crippen molar-refractivity contribution in [2.45, 2.75) is 38.0 Å². The van der Waals surface area contributed by atoms with Crippen molar-refractivity contribution < 1.29 is 19.1 Å². The molecule has 1 aromatic heterocycles. The van der Waals surface area contributed by atoms with Crippen LogP contribution in [0.25, 0.3) is 11.3 Å². The monoisotopic (exact) mass is 520 g/mol. The Labute approximate surface area is 221 Å². The Morgan fingerprint density at radius 1 is 1.16 bits per heavy atom. The summed E-state index contributed by atoms with van der Waals surface area (Å²) in [6.45, 7) is 4.23. The normalized spacial score (nSPS) is 21.5. The Hall–Kier alpha value is -3.27. The van der Waals surface area contributed by atoms with Crippen LogP contribution in [0.15, 0.2) is 60.0 Å². The molecule has 2 aliphatic heterocycles. The molecule has 194 valence electrons. The van der Waals surface area contributed by atoms with Crippen LogP contribution in [0.2, 0.25) is 0 Å². The van der Waals surface area contributed by atoms with Crippen molar-refractivity contribution in [2.24, 2.45) is 0 Å². The number of thiazole rings is 1. The molecule has 2 fully saturated rings. The third-order valence-electron chi connectivity index (χ3n) is 7.22. The Morgan fingerprint density at radius 2 is 1.95 bits per heavy atom. The van der Waals surface area contributed by atoms with Gasteiger partial charge in [-0.05, 0) is 25.3 Å². The molecule has 1 spiro atoms. The van der Waals surface area contributed by atoms with Crippen LogP contribution in [0.4, 0.5) is 9.93 Å². The van der Waals surface area contributed by atoms with Crippen molar-refractivity contribution in [2.75, 3.05) is 38.6 Å². The number of hydrogen-bond acceptors (Lipinski definition) is 7. The van der Waals surface area contributed by atoms with Crippen molar-refractivity contribution in [1.29, 1.82) is 0 Å². The van der Waals surface area contributed by atoms with Crippen LogP contribution in [0, 0.1) is 6.92 Å². The molecule has 3 aromatic rings. The van der Waals surface area contributed by atoms with E-state index in [1.807, 2.05) is 71.8 Å². The first kappa shape index (κ1) is 25.4. The lowest BCUT2D eigenvalue weighted by molar-refractivity contribution is -0.117. The number of hydrogen-bond donors (Lipinski definition) is 1. The third kappa shape index (κ3) is 5.53. The fraction of sp³-hybridized carbons (Fsp3) is 0.393. The molecule has 1 N–H and O–H groups in total. The van der Waals surface area contributed by atoms with E-state index < -0.39 is 5.54 Å². The number of nitrogens with one attached hydrogen (secondary N) is 1. The number of likely N-dealkylation sites (tertiary alicyclic amines) is 2. The lowest BCUT2D eigenvalue weighted by Gasteiger charge is -2.38. The van der Waals surface area contributed by atoms with Crippen LogP contribution in [0.1, 0.15) is 24.0 Å². The number of rotatable bonds is 7. The average Bonchev–Trinajstić information content (AvgIpc) is 3.63. The Balaban J connectivity index is 1.20. The summed E-state index contributed by atoms with van der Waals surface area (Å²) in [6.07, 6.45) is 1.17. The summed E-state index contributed by atoms with van der Waals surface area (Å²) < 4.78 is 11.5. The minimum Gasteiger partial charge on any atom is -0.445 e. The molecule has 3 heterocycles. The van der Waals surface area contributed by atoms with Gasteiger partial charge in [0.15, 0.2) is 5.13 Å². The fourth-order valence-corrected chi connectivity index (χ4v) is 6.13. The molecule has 8 nitrogen and oxygen atoms in total. The molecule has 0 bridgehead atoms. The molecule has 2 atom stereocenters. The Bertz CT molecular complexity index is 1230. The quantitative estimate of drug-likeness (QED) is 0.492. The van der Waals surface area contributed by atoms with Gasteiger partial charge in [0.05, 0.1) is 23.9 Å². The second-order valence-corrected chi connectivity index (χ2v) is 10.6. The van der Waals surface area contributed by atoms with Crippen LogP contribution in [0.5, 0.6) is 0 Å². The summed E-state index contributed by atoms with van der Waals surface area (Å²) in [6, 6.07) is 17.8. The summed E-state index contributed by atoms with van der Waals surface area (Å²) in [4.78, 5) is 34.4. The predicted molar refractivity (Wildman–Crippen MR) is 143 cm³/mol. The minimum atomic E-state index is -0.497. The minimum absolute atomic E-state index is 0.132. The number of aryl methyl sites for hydroxylation is 1. The second-order valence-electron chi connectivity index (χ2n) is 9.75. The maximum atomic E-state index is 13.1. The fourth-order valence-electron chi connectivity index (χ4n) is 5.39. The number of benzene rings is 2. The van der Waals surface area contributed by atoms with Crippen molar-refractivity contribution in [1.82, 2.24) is 14.8 Å². The lowest BCUT2D eigenvalue weighted by atomic mass is 9.92. The van der Waals surface area contributed by atoms with Crippen LogP contribution >= 0.6 is 11.3 Å². The van der Waals surface area contributed by atoms with Crippen LogP contribution in [0.3, 0.4) is 0 Å². The Kier molecular flexibility index (Phi) is 7.55. The topological polar surface area (TPSA) is 84.0 Å². The molecule has 2 aliphatic rings. The number of methoxy groups -OCH3 is 1. The zero-order valence-electron chi connectivity index (χ0n) is 21.2. The molecule has 2 saturated heterocycles. The molecular formula is C28H32N4O4S. The van der Waals surface area contributed by atoms with Crippen molar-refractivity contribution >= 4 is 28.5 Å². The summed E-state index contributed by atoms with van der Waals surface area (Å²) in [5.41, 5.74) is 3.51. The van der Waals surface area contributed by atoms with Gasteiger partial charge in [0.25, 0.3) is 0 Å². The average molecular weight is 521 g/mol. The van der Waals surface area contributed by atoms with E-state index in [9.17, 15) is 9.59 Å². The standard InChI is InChI=1S/C28H32N4O4S/c1-20-9-11-22(12-10-20)23-18-37-26(29-23)30-25(33)16-31-15-24(35-2)28(19-31)13-6-14-32(28)27(34)36-17-21-7-4-3-5-8-21/h3-5,7-12,18,24H,6,13-17,19H2,1-2H3,(H,29,30,33)/t24-,28-/m0/s1. The third-order valence-corrected chi connectivity index (χ3v) is 7.98. The number of carbonyl (C=O) groups excluding carboxylic acids is 2. The van der Waals surface area contributed by atoms with E-state index in [1.165, 1.54) is 16.9 Å². The van der Waals surface area contributed by atoms with Gasteiger partial charge < -0.3 is 14.8 Å². The molecule has 37 heavy (non-hydrogen) atoms. The van der Waals surface area contributed by atoms with Crippen LogP contribution in [-0.2, 0) is 20.9 Å². The van der Waals surface area contributed by atoms with E-state index in [1.54, 1.807) is 7.11 Å². The molecule has 0 radical (unpaired) electrons. The molecule has 5 rings (SSSR count). The van der Waals surface area contributed by atoms with Gasteiger partial charge in [0.2, 0.25) is 5.91 Å². The number of carbonyl (C=O) groups is 2. The number of aromatic nitrogens is 1. The highest BCUT2D eigenvalue weighted by Gasteiger charge is 2.55. The van der Waals surface area contributed by atoms with Crippen molar-refractivity contribution in [3.63, 3.8) is 0 Å². The highest BCUT2D eigenvalue weighted by atomic mass is 32.1. The van der Waals surface area contributed by atoms with E-state index >= 15 is 0 Å². The number of anilines is 1. The molecule has 0 aliphatic carbocycles. The largest absolute Gasteiger partial charge is 0.445 e. The van der Waals surface area contributed by atoms with Gasteiger partial charge in [-0.3, -0.25) is 14.6 Å². The summed E-state index contributed by atoms with van der Waals surface area (Å²) in [7, 11) is 1.67. The van der Waals surface area contributed by atoms with Crippen LogP contribution in [-0.4, -0.2) is 71.7 Å². The van der Waals surface area contributed by atoms with E-state index in [4.69, 9.17) is 9.47 Å². The molecular weight excluding hydrogens is 488 g/mol. The zero-order valence-corrected chi connectivity index (χ0v) is 22.0. The number of nitrogens with zero attached hydrogens (tertiary/aromatic N) is 3. The summed E-state index contributed by atoms with van der Waals surface area (Å²) in [5, 5.41) is 5.46. The number of ether oxygens (including phenoxy) is 2. The zero-order chi connectivity index (χ0) is 25.8. The maximum Gasteiger partial charge on any atom is 0.410 e. The van der Waals surface area contributed by atoms with Gasteiger partial charge in [-0.1, -0.05) is 60.2 Å². The highest BCUT2D eigenvalue weighted by Crippen LogP contribution is 2.39. The molecule has 0 saturated carbocycles. The van der Waals surface area contributed by atoms with E-state index in [-0.39, 0.29) is 31.3 Å². The van der Waals surface area contributed by atoms with E-state index in [2.05, 4.69) is 15.2 Å². The van der Waals surface area contributed by atoms with Crippen molar-refractivity contribution in [3.05, 3.63) is 71.1 Å². The lowest BCUT2D eigenvalue weighted by Crippen LogP contribution is -2.56. The van der Waals surface area contributed by atoms with Crippen molar-refractivity contribution in [3.8, 4) is 11.3 Å². The first-order chi connectivity index (χ1) is 18.0. The number of amides is 2. The van der Waals surface area contributed by atoms with Crippen LogP contribution < -0.4 is 5.32 Å². The first-order valence-corrected chi connectivity index (χ1v) is 13.4. The first-order valence-electron chi connectivity index (χ1n) is 12.5. The van der Waals surface area contributed by atoms with E-state index in [0.717, 1.165) is 29.7 Å². The van der Waals surface area contributed by atoms with Gasteiger partial charge in [-0.25, -0.2) is 9.78 Å². The summed E-state index contributed by atoms with van der Waals surface area (Å²) >= 11 is 1.41. The highest BCUT2D eigenvalue weighted by molar-refractivity contribution is 7.14. The maximum absolute atomic E-state index is 13.1. The molecule has 9 heteroatoms. The predicted octanol–water partition coefficient (Wildman–Crippen LogP) is 4.56. The van der Waals surface area contributed by atoms with Gasteiger partial charge in [0.1, 0.15) is 6.61 Å². The van der Waals surface area contributed by atoms with E-state index in [0.29, 0.717) is 24.8 Å². The SMILES string of the molecule is CO[C@H]1CN(CC(=O)Nc2nc(-c3ccc(C)cc3)cs2)C[C@@]12CCCN2C(=O)OCc1ccccc1. The molecule has 2 aromatic carbocycles. The smallest absolute Gasteiger partial charge is 0.410 e. The Morgan fingerprint density at radius 3 is 2.70 bits per heavy atom. The van der Waals surface area contributed by atoms with Gasteiger partial charge in [-0.15, -0.1) is 11.3 Å².